The zero-order chi connectivity index (χ0) is 18.1. The van der Waals surface area contributed by atoms with E-state index >= 15 is 0 Å². The standard InChI is InChI=1S/C19H25N3O3/c1-11-7-16(12(2)22(11)3)19(24)21-18(14-8-15(23)9-14)13-5-6-17(25-4)20-10-13/h5-7,10,14-15,18,23H,8-9H2,1-4H3,(H,21,24). The average Bonchev–Trinajstić information content (AvgIpc) is 2.85. The summed E-state index contributed by atoms with van der Waals surface area (Å²) in [5.74, 6) is 0.652. The molecule has 2 heterocycles. The van der Waals surface area contributed by atoms with Crippen molar-refractivity contribution in [3.05, 3.63) is 46.9 Å². The van der Waals surface area contributed by atoms with Gasteiger partial charge in [0.25, 0.3) is 5.91 Å². The molecule has 0 bridgehead atoms. The molecule has 6 nitrogen and oxygen atoms in total. The Labute approximate surface area is 147 Å². The van der Waals surface area contributed by atoms with E-state index in [1.807, 2.05) is 37.6 Å². The van der Waals surface area contributed by atoms with Crippen LogP contribution in [0, 0.1) is 19.8 Å². The van der Waals surface area contributed by atoms with Crippen LogP contribution in [0.2, 0.25) is 0 Å². The Hall–Kier alpha value is -2.34. The molecular weight excluding hydrogens is 318 g/mol. The van der Waals surface area contributed by atoms with Crippen LogP contribution in [0.25, 0.3) is 0 Å². The maximum Gasteiger partial charge on any atom is 0.253 e. The predicted molar refractivity (Wildman–Crippen MR) is 94.6 cm³/mol. The van der Waals surface area contributed by atoms with Crippen LogP contribution < -0.4 is 10.1 Å². The van der Waals surface area contributed by atoms with Crippen LogP contribution in [0.1, 0.15) is 46.2 Å². The Morgan fingerprint density at radius 1 is 1.40 bits per heavy atom. The quantitative estimate of drug-likeness (QED) is 0.873. The van der Waals surface area contributed by atoms with Gasteiger partial charge in [-0.1, -0.05) is 6.07 Å². The SMILES string of the molecule is COc1ccc(C(NC(=O)c2cc(C)n(C)c2C)C2CC(O)C2)cn1. The molecule has 1 aliphatic rings. The molecule has 2 N–H and O–H groups in total. The van der Waals surface area contributed by atoms with Crippen LogP contribution in [0.4, 0.5) is 0 Å². The third-order valence-corrected chi connectivity index (χ3v) is 5.25. The number of ether oxygens (including phenoxy) is 1. The van der Waals surface area contributed by atoms with E-state index in [2.05, 4.69) is 10.3 Å². The molecule has 1 aliphatic carbocycles. The van der Waals surface area contributed by atoms with Crippen LogP contribution in [-0.2, 0) is 7.05 Å². The smallest absolute Gasteiger partial charge is 0.253 e. The Balaban J connectivity index is 1.84. The second-order valence-electron chi connectivity index (χ2n) is 6.81. The van der Waals surface area contributed by atoms with E-state index in [1.54, 1.807) is 19.4 Å². The van der Waals surface area contributed by atoms with Gasteiger partial charge in [0.15, 0.2) is 0 Å². The van der Waals surface area contributed by atoms with Crippen LogP contribution >= 0.6 is 0 Å². The predicted octanol–water partition coefficient (Wildman–Crippen LogP) is 2.29. The first-order valence-corrected chi connectivity index (χ1v) is 8.52. The summed E-state index contributed by atoms with van der Waals surface area (Å²) >= 11 is 0. The number of methoxy groups -OCH3 is 1. The fourth-order valence-electron chi connectivity index (χ4n) is 3.38. The van der Waals surface area contributed by atoms with Gasteiger partial charge in [-0.25, -0.2) is 4.98 Å². The summed E-state index contributed by atoms with van der Waals surface area (Å²) < 4.78 is 7.11. The van der Waals surface area contributed by atoms with E-state index in [1.165, 1.54) is 0 Å². The summed E-state index contributed by atoms with van der Waals surface area (Å²) in [6.45, 7) is 3.93. The molecule has 2 aromatic rings. The Bertz CT molecular complexity index is 761. The van der Waals surface area contributed by atoms with Gasteiger partial charge in [0.05, 0.1) is 24.8 Å². The second-order valence-corrected chi connectivity index (χ2v) is 6.81. The molecular formula is C19H25N3O3. The number of carbonyl (C=O) groups excluding carboxylic acids is 1. The molecule has 6 heteroatoms. The molecule has 0 spiro atoms. The van der Waals surface area contributed by atoms with Gasteiger partial charge in [0.1, 0.15) is 0 Å². The van der Waals surface area contributed by atoms with E-state index in [9.17, 15) is 9.90 Å². The maximum atomic E-state index is 12.8. The lowest BCUT2D eigenvalue weighted by Gasteiger charge is -2.38. The molecule has 1 unspecified atom stereocenters. The normalized spacial score (nSPS) is 20.7. The number of rotatable bonds is 5. The van der Waals surface area contributed by atoms with Crippen LogP contribution in [0.3, 0.4) is 0 Å². The van der Waals surface area contributed by atoms with E-state index in [0.717, 1.165) is 17.0 Å². The maximum absolute atomic E-state index is 12.8. The molecule has 1 fully saturated rings. The Morgan fingerprint density at radius 2 is 2.12 bits per heavy atom. The van der Waals surface area contributed by atoms with Crippen molar-refractivity contribution >= 4 is 5.91 Å². The van der Waals surface area contributed by atoms with E-state index in [4.69, 9.17) is 4.74 Å². The number of aryl methyl sites for hydroxylation is 1. The highest BCUT2D eigenvalue weighted by Crippen LogP contribution is 2.38. The highest BCUT2D eigenvalue weighted by Gasteiger charge is 2.36. The van der Waals surface area contributed by atoms with Crippen LogP contribution in [-0.4, -0.2) is 33.8 Å². The molecule has 1 atom stereocenters. The topological polar surface area (TPSA) is 76.4 Å². The van der Waals surface area contributed by atoms with Gasteiger partial charge in [0.2, 0.25) is 5.88 Å². The Kier molecular flexibility index (Phi) is 4.81. The monoisotopic (exact) mass is 343 g/mol. The minimum Gasteiger partial charge on any atom is -0.481 e. The molecule has 0 radical (unpaired) electrons. The summed E-state index contributed by atoms with van der Waals surface area (Å²) in [5, 5.41) is 12.8. The molecule has 0 aromatic carbocycles. The summed E-state index contributed by atoms with van der Waals surface area (Å²) in [5.41, 5.74) is 3.60. The summed E-state index contributed by atoms with van der Waals surface area (Å²) in [6.07, 6.45) is 2.82. The van der Waals surface area contributed by atoms with Gasteiger partial charge in [-0.05, 0) is 44.2 Å². The molecule has 1 amide bonds. The van der Waals surface area contributed by atoms with Gasteiger partial charge >= 0.3 is 0 Å². The van der Waals surface area contributed by atoms with Crippen molar-refractivity contribution in [1.29, 1.82) is 0 Å². The fourth-order valence-corrected chi connectivity index (χ4v) is 3.38. The van der Waals surface area contributed by atoms with Crippen molar-refractivity contribution < 1.29 is 14.6 Å². The van der Waals surface area contributed by atoms with Gasteiger partial charge < -0.3 is 19.7 Å². The number of nitrogens with zero attached hydrogens (tertiary/aromatic N) is 2. The summed E-state index contributed by atoms with van der Waals surface area (Å²) in [6, 6.07) is 5.45. The van der Waals surface area contributed by atoms with Gasteiger partial charge in [-0.3, -0.25) is 4.79 Å². The number of nitrogens with one attached hydrogen (secondary N) is 1. The average molecular weight is 343 g/mol. The lowest BCUT2D eigenvalue weighted by Crippen LogP contribution is -2.41. The van der Waals surface area contributed by atoms with Crippen LogP contribution in [0.15, 0.2) is 24.4 Å². The summed E-state index contributed by atoms with van der Waals surface area (Å²) in [7, 11) is 3.53. The second kappa shape index (κ2) is 6.88. The number of aliphatic hydroxyl groups excluding tert-OH is 1. The molecule has 3 rings (SSSR count). The number of amides is 1. The fraction of sp³-hybridized carbons (Fsp3) is 0.474. The number of hydrogen-bond acceptors (Lipinski definition) is 4. The number of carbonyl (C=O) groups is 1. The number of aliphatic hydroxyl groups is 1. The van der Waals surface area contributed by atoms with Gasteiger partial charge in [-0.15, -0.1) is 0 Å². The molecule has 0 saturated heterocycles. The highest BCUT2D eigenvalue weighted by molar-refractivity contribution is 5.96. The third-order valence-electron chi connectivity index (χ3n) is 5.25. The number of aromatic nitrogens is 2. The lowest BCUT2D eigenvalue weighted by atomic mass is 9.75. The Morgan fingerprint density at radius 3 is 2.60 bits per heavy atom. The zero-order valence-corrected chi connectivity index (χ0v) is 15.1. The minimum absolute atomic E-state index is 0.0941. The van der Waals surface area contributed by atoms with Crippen LogP contribution in [0.5, 0.6) is 5.88 Å². The number of pyridine rings is 1. The van der Waals surface area contributed by atoms with E-state index in [0.29, 0.717) is 24.3 Å². The molecule has 0 aliphatic heterocycles. The molecule has 1 saturated carbocycles. The van der Waals surface area contributed by atoms with Crippen molar-refractivity contribution in [2.45, 2.75) is 38.8 Å². The van der Waals surface area contributed by atoms with Crippen molar-refractivity contribution in [3.63, 3.8) is 0 Å². The first kappa shape index (κ1) is 17.5. The first-order valence-electron chi connectivity index (χ1n) is 8.52. The van der Waals surface area contributed by atoms with E-state index in [-0.39, 0.29) is 24.0 Å². The van der Waals surface area contributed by atoms with Gasteiger partial charge in [0, 0.05) is 30.7 Å². The molecule has 134 valence electrons. The molecule has 25 heavy (non-hydrogen) atoms. The van der Waals surface area contributed by atoms with Crippen molar-refractivity contribution in [2.24, 2.45) is 13.0 Å². The van der Waals surface area contributed by atoms with Crippen molar-refractivity contribution in [3.8, 4) is 5.88 Å². The van der Waals surface area contributed by atoms with Gasteiger partial charge in [-0.2, -0.15) is 0 Å². The number of hydrogen-bond donors (Lipinski definition) is 2. The zero-order valence-electron chi connectivity index (χ0n) is 15.1. The molecule has 2 aromatic heterocycles. The largest absolute Gasteiger partial charge is 0.481 e. The minimum atomic E-state index is -0.281. The highest BCUT2D eigenvalue weighted by atomic mass is 16.5. The summed E-state index contributed by atoms with van der Waals surface area (Å²) in [4.78, 5) is 17.1. The first-order chi connectivity index (χ1) is 11.9. The third kappa shape index (κ3) is 3.39. The van der Waals surface area contributed by atoms with Crippen molar-refractivity contribution in [2.75, 3.05) is 7.11 Å². The van der Waals surface area contributed by atoms with Crippen molar-refractivity contribution in [1.82, 2.24) is 14.9 Å². The lowest BCUT2D eigenvalue weighted by molar-refractivity contribution is 0.0234. The van der Waals surface area contributed by atoms with E-state index < -0.39 is 0 Å².